The molecule has 0 atom stereocenters. The number of hydrogen-bond acceptors (Lipinski definition) is 3. The van der Waals surface area contributed by atoms with E-state index in [0.29, 0.717) is 23.1 Å². The third-order valence-corrected chi connectivity index (χ3v) is 7.64. The standard InChI is InChI=1S/C21H25BrN2O3S/c1-14(2)17-8-6-7-15(3)20(17)23-21(25)18-13-16(9-10-19(18)22)28(26,27)24-11-4-5-12-24/h6-10,13-14H,4-5,11-12H2,1-3H3,(H,23,25). The fraction of sp³-hybridized carbons (Fsp3) is 0.381. The smallest absolute Gasteiger partial charge is 0.256 e. The first-order valence-electron chi connectivity index (χ1n) is 9.42. The molecule has 0 bridgehead atoms. The Hall–Kier alpha value is -1.70. The molecule has 2 aromatic carbocycles. The predicted octanol–water partition coefficient (Wildman–Crippen LogP) is 4.92. The van der Waals surface area contributed by atoms with E-state index in [1.54, 1.807) is 12.1 Å². The number of carbonyl (C=O) groups excluding carboxylic acids is 1. The Labute approximate surface area is 175 Å². The summed E-state index contributed by atoms with van der Waals surface area (Å²) in [7, 11) is -3.58. The molecule has 3 rings (SSSR count). The van der Waals surface area contributed by atoms with Gasteiger partial charge < -0.3 is 5.32 Å². The van der Waals surface area contributed by atoms with E-state index in [1.807, 2.05) is 25.1 Å². The molecule has 0 aromatic heterocycles. The molecular weight excluding hydrogens is 440 g/mol. The fourth-order valence-electron chi connectivity index (χ4n) is 3.44. The maximum absolute atomic E-state index is 13.0. The SMILES string of the molecule is Cc1cccc(C(C)C)c1NC(=O)c1cc(S(=O)(=O)N2CCCC2)ccc1Br. The van der Waals surface area contributed by atoms with Crippen molar-refractivity contribution in [3.8, 4) is 0 Å². The number of aryl methyl sites for hydroxylation is 1. The van der Waals surface area contributed by atoms with Crippen LogP contribution in [-0.2, 0) is 10.0 Å². The van der Waals surface area contributed by atoms with E-state index in [2.05, 4.69) is 35.1 Å². The van der Waals surface area contributed by atoms with Gasteiger partial charge in [-0.25, -0.2) is 8.42 Å². The van der Waals surface area contributed by atoms with Crippen LogP contribution in [0.3, 0.4) is 0 Å². The van der Waals surface area contributed by atoms with Gasteiger partial charge in [0, 0.05) is 23.2 Å². The number of rotatable bonds is 5. The highest BCUT2D eigenvalue weighted by Gasteiger charge is 2.28. The highest BCUT2D eigenvalue weighted by Crippen LogP contribution is 2.30. The maximum atomic E-state index is 13.0. The van der Waals surface area contributed by atoms with Crippen molar-refractivity contribution >= 4 is 37.5 Å². The summed E-state index contributed by atoms with van der Waals surface area (Å²) in [6.07, 6.45) is 1.74. The minimum Gasteiger partial charge on any atom is -0.321 e. The van der Waals surface area contributed by atoms with Crippen molar-refractivity contribution < 1.29 is 13.2 Å². The molecule has 150 valence electrons. The van der Waals surface area contributed by atoms with Crippen LogP contribution in [0.1, 0.15) is 54.1 Å². The van der Waals surface area contributed by atoms with E-state index in [0.717, 1.165) is 29.7 Å². The van der Waals surface area contributed by atoms with Crippen LogP contribution in [0.25, 0.3) is 0 Å². The lowest BCUT2D eigenvalue weighted by Gasteiger charge is -2.18. The predicted molar refractivity (Wildman–Crippen MR) is 115 cm³/mol. The van der Waals surface area contributed by atoms with Gasteiger partial charge in [-0.15, -0.1) is 0 Å². The first kappa shape index (κ1) is 21.0. The van der Waals surface area contributed by atoms with Crippen LogP contribution in [0.15, 0.2) is 45.8 Å². The molecule has 0 spiro atoms. The molecular formula is C21H25BrN2O3S. The summed E-state index contributed by atoms with van der Waals surface area (Å²) in [5.74, 6) is -0.0814. The van der Waals surface area contributed by atoms with Crippen LogP contribution >= 0.6 is 15.9 Å². The van der Waals surface area contributed by atoms with Crippen LogP contribution in [0, 0.1) is 6.92 Å². The summed E-state index contributed by atoms with van der Waals surface area (Å²) in [5.41, 5.74) is 3.10. The normalized spacial score (nSPS) is 15.2. The summed E-state index contributed by atoms with van der Waals surface area (Å²) in [5, 5.41) is 2.99. The van der Waals surface area contributed by atoms with Gasteiger partial charge in [0.2, 0.25) is 10.0 Å². The molecule has 0 unspecified atom stereocenters. The molecule has 1 N–H and O–H groups in total. The van der Waals surface area contributed by atoms with Gasteiger partial charge in [-0.1, -0.05) is 32.0 Å². The van der Waals surface area contributed by atoms with Gasteiger partial charge in [-0.3, -0.25) is 4.79 Å². The van der Waals surface area contributed by atoms with E-state index < -0.39 is 10.0 Å². The monoisotopic (exact) mass is 464 g/mol. The van der Waals surface area contributed by atoms with E-state index in [-0.39, 0.29) is 16.7 Å². The van der Waals surface area contributed by atoms with Crippen LogP contribution in [0.4, 0.5) is 5.69 Å². The summed E-state index contributed by atoms with van der Waals surface area (Å²) in [4.78, 5) is 13.2. The molecule has 1 heterocycles. The van der Waals surface area contributed by atoms with Crippen molar-refractivity contribution in [1.29, 1.82) is 0 Å². The van der Waals surface area contributed by atoms with Gasteiger partial charge >= 0.3 is 0 Å². The zero-order chi connectivity index (χ0) is 20.5. The molecule has 0 saturated carbocycles. The number of nitrogens with one attached hydrogen (secondary N) is 1. The first-order valence-corrected chi connectivity index (χ1v) is 11.7. The first-order chi connectivity index (χ1) is 13.2. The van der Waals surface area contributed by atoms with E-state index >= 15 is 0 Å². The fourth-order valence-corrected chi connectivity index (χ4v) is 5.41. The molecule has 7 heteroatoms. The second-order valence-electron chi connectivity index (χ2n) is 7.40. The molecule has 1 amide bonds. The Balaban J connectivity index is 1.95. The lowest BCUT2D eigenvalue weighted by atomic mass is 9.98. The van der Waals surface area contributed by atoms with Gasteiger partial charge in [0.15, 0.2) is 0 Å². The average molecular weight is 465 g/mol. The van der Waals surface area contributed by atoms with Crippen molar-refractivity contribution in [3.63, 3.8) is 0 Å². The molecule has 1 aliphatic rings. The van der Waals surface area contributed by atoms with Gasteiger partial charge in [0.1, 0.15) is 0 Å². The third-order valence-electron chi connectivity index (χ3n) is 5.05. The summed E-state index contributed by atoms with van der Waals surface area (Å²) in [6.45, 7) is 7.15. The Morgan fingerprint density at radius 2 is 1.82 bits per heavy atom. The third kappa shape index (κ3) is 4.16. The number of carbonyl (C=O) groups is 1. The highest BCUT2D eigenvalue weighted by molar-refractivity contribution is 9.10. The molecule has 0 aliphatic carbocycles. The number of amides is 1. The van der Waals surface area contributed by atoms with E-state index in [9.17, 15) is 13.2 Å². The molecule has 5 nitrogen and oxygen atoms in total. The lowest BCUT2D eigenvalue weighted by molar-refractivity contribution is 0.102. The number of halogens is 1. The number of nitrogens with zero attached hydrogens (tertiary/aromatic N) is 1. The summed E-state index contributed by atoms with van der Waals surface area (Å²) >= 11 is 3.39. The Morgan fingerprint density at radius 1 is 1.14 bits per heavy atom. The molecule has 1 saturated heterocycles. The zero-order valence-electron chi connectivity index (χ0n) is 16.3. The van der Waals surface area contributed by atoms with Crippen LogP contribution in [0.5, 0.6) is 0 Å². The molecule has 1 fully saturated rings. The largest absolute Gasteiger partial charge is 0.321 e. The van der Waals surface area contributed by atoms with Crippen molar-refractivity contribution in [2.45, 2.75) is 44.4 Å². The van der Waals surface area contributed by atoms with Gasteiger partial charge in [0.05, 0.1) is 10.5 Å². The number of anilines is 1. The topological polar surface area (TPSA) is 66.5 Å². The summed E-state index contributed by atoms with van der Waals surface area (Å²) < 4.78 is 27.8. The van der Waals surface area contributed by atoms with Crippen molar-refractivity contribution in [3.05, 3.63) is 57.6 Å². The van der Waals surface area contributed by atoms with E-state index in [1.165, 1.54) is 10.4 Å². The van der Waals surface area contributed by atoms with Gasteiger partial charge in [-0.2, -0.15) is 4.31 Å². The van der Waals surface area contributed by atoms with Crippen LogP contribution < -0.4 is 5.32 Å². The van der Waals surface area contributed by atoms with Crippen molar-refractivity contribution in [1.82, 2.24) is 4.31 Å². The average Bonchev–Trinajstić information content (AvgIpc) is 3.18. The number of sulfonamides is 1. The van der Waals surface area contributed by atoms with Crippen molar-refractivity contribution in [2.75, 3.05) is 18.4 Å². The number of para-hydroxylation sites is 1. The Bertz CT molecular complexity index is 997. The van der Waals surface area contributed by atoms with Crippen molar-refractivity contribution in [2.24, 2.45) is 0 Å². The van der Waals surface area contributed by atoms with E-state index in [4.69, 9.17) is 0 Å². The molecule has 0 radical (unpaired) electrons. The quantitative estimate of drug-likeness (QED) is 0.682. The minimum atomic E-state index is -3.58. The second kappa shape index (κ2) is 8.35. The van der Waals surface area contributed by atoms with Crippen LogP contribution in [-0.4, -0.2) is 31.7 Å². The molecule has 2 aromatic rings. The number of hydrogen-bond donors (Lipinski definition) is 1. The minimum absolute atomic E-state index is 0.150. The Morgan fingerprint density at radius 3 is 2.46 bits per heavy atom. The zero-order valence-corrected chi connectivity index (χ0v) is 18.7. The maximum Gasteiger partial charge on any atom is 0.256 e. The van der Waals surface area contributed by atoms with Gasteiger partial charge in [-0.05, 0) is 70.9 Å². The molecule has 28 heavy (non-hydrogen) atoms. The Kier molecular flexibility index (Phi) is 6.27. The summed E-state index contributed by atoms with van der Waals surface area (Å²) in [6, 6.07) is 10.5. The highest BCUT2D eigenvalue weighted by atomic mass is 79.9. The lowest BCUT2D eigenvalue weighted by Crippen LogP contribution is -2.28. The number of benzene rings is 2. The van der Waals surface area contributed by atoms with Crippen LogP contribution in [0.2, 0.25) is 0 Å². The second-order valence-corrected chi connectivity index (χ2v) is 10.2. The van der Waals surface area contributed by atoms with Gasteiger partial charge in [0.25, 0.3) is 5.91 Å². The molecule has 1 aliphatic heterocycles.